The largest absolute Gasteiger partial charge is 0.488 e. The summed E-state index contributed by atoms with van der Waals surface area (Å²) in [4.78, 5) is 17.7. The summed E-state index contributed by atoms with van der Waals surface area (Å²) in [5.41, 5.74) is 4.10. The highest BCUT2D eigenvalue weighted by Gasteiger charge is 2.16. The van der Waals surface area contributed by atoms with Gasteiger partial charge >= 0.3 is 0 Å². The number of ether oxygens (including phenoxy) is 1. The number of rotatable bonds is 6. The zero-order chi connectivity index (χ0) is 20.9. The highest BCUT2D eigenvalue weighted by atomic mass is 16.5. The topological polar surface area (TPSA) is 51.2 Å². The van der Waals surface area contributed by atoms with Crippen LogP contribution in [-0.4, -0.2) is 10.9 Å². The second kappa shape index (κ2) is 8.78. The SMILES string of the molecule is CC(C)c1ccc(OCc2ccccc2)c(C(=O)Nc2cccc3cccnc23)c1. The predicted octanol–water partition coefficient (Wildman–Crippen LogP) is 6.19. The smallest absolute Gasteiger partial charge is 0.259 e. The van der Waals surface area contributed by atoms with Gasteiger partial charge in [-0.1, -0.05) is 68.4 Å². The summed E-state index contributed by atoms with van der Waals surface area (Å²) in [6.07, 6.45) is 1.73. The number of para-hydroxylation sites is 1. The van der Waals surface area contributed by atoms with Crippen molar-refractivity contribution in [1.29, 1.82) is 0 Å². The molecule has 0 unspecified atom stereocenters. The second-order valence-electron chi connectivity index (χ2n) is 7.52. The summed E-state index contributed by atoms with van der Waals surface area (Å²) in [7, 11) is 0. The first-order valence-electron chi connectivity index (χ1n) is 10.1. The minimum absolute atomic E-state index is 0.210. The molecule has 1 amide bonds. The van der Waals surface area contributed by atoms with Crippen molar-refractivity contribution in [3.63, 3.8) is 0 Å². The minimum atomic E-state index is -0.210. The van der Waals surface area contributed by atoms with Crippen molar-refractivity contribution in [3.05, 3.63) is 102 Å². The van der Waals surface area contributed by atoms with Crippen LogP contribution in [0.1, 0.15) is 41.3 Å². The molecule has 4 heteroatoms. The van der Waals surface area contributed by atoms with Crippen molar-refractivity contribution < 1.29 is 9.53 Å². The average molecular weight is 396 g/mol. The van der Waals surface area contributed by atoms with Gasteiger partial charge in [0.05, 0.1) is 16.8 Å². The van der Waals surface area contributed by atoms with Gasteiger partial charge in [0.25, 0.3) is 5.91 Å². The van der Waals surface area contributed by atoms with Crippen molar-refractivity contribution in [3.8, 4) is 5.75 Å². The van der Waals surface area contributed by atoms with Gasteiger partial charge in [-0.15, -0.1) is 0 Å². The van der Waals surface area contributed by atoms with Crippen molar-refractivity contribution in [2.75, 3.05) is 5.32 Å². The minimum Gasteiger partial charge on any atom is -0.488 e. The lowest BCUT2D eigenvalue weighted by Crippen LogP contribution is -2.15. The van der Waals surface area contributed by atoms with Crippen LogP contribution >= 0.6 is 0 Å². The normalized spacial score (nSPS) is 10.9. The Balaban J connectivity index is 1.64. The molecule has 4 aromatic rings. The number of anilines is 1. The maximum absolute atomic E-state index is 13.2. The number of aromatic nitrogens is 1. The molecule has 1 aromatic heterocycles. The van der Waals surface area contributed by atoms with Crippen LogP contribution in [-0.2, 0) is 6.61 Å². The van der Waals surface area contributed by atoms with Gasteiger partial charge in [-0.2, -0.15) is 0 Å². The van der Waals surface area contributed by atoms with Gasteiger partial charge in [-0.3, -0.25) is 9.78 Å². The van der Waals surface area contributed by atoms with Gasteiger partial charge in [-0.25, -0.2) is 0 Å². The molecule has 1 heterocycles. The molecule has 0 bridgehead atoms. The molecule has 4 nitrogen and oxygen atoms in total. The molecule has 0 aliphatic rings. The highest BCUT2D eigenvalue weighted by molar-refractivity contribution is 6.09. The fraction of sp³-hybridized carbons (Fsp3) is 0.154. The van der Waals surface area contributed by atoms with Crippen LogP contribution in [0.3, 0.4) is 0 Å². The number of nitrogens with zero attached hydrogens (tertiary/aromatic N) is 1. The van der Waals surface area contributed by atoms with Crippen LogP contribution in [0.5, 0.6) is 5.75 Å². The van der Waals surface area contributed by atoms with Gasteiger partial charge in [0, 0.05) is 11.6 Å². The van der Waals surface area contributed by atoms with E-state index in [4.69, 9.17) is 4.74 Å². The van der Waals surface area contributed by atoms with Crippen molar-refractivity contribution >= 4 is 22.5 Å². The third-order valence-electron chi connectivity index (χ3n) is 5.03. The molecule has 0 fully saturated rings. The molecule has 30 heavy (non-hydrogen) atoms. The fourth-order valence-corrected chi connectivity index (χ4v) is 3.34. The molecular formula is C26H24N2O2. The molecule has 1 N–H and O–H groups in total. The van der Waals surface area contributed by atoms with Crippen molar-refractivity contribution in [2.24, 2.45) is 0 Å². The van der Waals surface area contributed by atoms with Crippen LogP contribution in [0.4, 0.5) is 5.69 Å². The Morgan fingerprint density at radius 3 is 2.57 bits per heavy atom. The maximum Gasteiger partial charge on any atom is 0.259 e. The first kappa shape index (κ1) is 19.6. The number of carbonyl (C=O) groups excluding carboxylic acids is 1. The molecule has 150 valence electrons. The molecule has 0 spiro atoms. The Morgan fingerprint density at radius 1 is 0.967 bits per heavy atom. The zero-order valence-electron chi connectivity index (χ0n) is 17.1. The van der Waals surface area contributed by atoms with Crippen LogP contribution in [0.25, 0.3) is 10.9 Å². The van der Waals surface area contributed by atoms with Gasteiger partial charge in [0.1, 0.15) is 12.4 Å². The van der Waals surface area contributed by atoms with E-state index >= 15 is 0 Å². The summed E-state index contributed by atoms with van der Waals surface area (Å²) >= 11 is 0. The monoisotopic (exact) mass is 396 g/mol. The van der Waals surface area contributed by atoms with E-state index in [1.165, 1.54) is 0 Å². The number of fused-ring (bicyclic) bond motifs is 1. The van der Waals surface area contributed by atoms with E-state index in [0.717, 1.165) is 22.0 Å². The number of nitrogens with one attached hydrogen (secondary N) is 1. The first-order chi connectivity index (χ1) is 14.6. The number of hydrogen-bond donors (Lipinski definition) is 1. The van der Waals surface area contributed by atoms with E-state index in [1.807, 2.05) is 78.9 Å². The van der Waals surface area contributed by atoms with Gasteiger partial charge in [-0.05, 0) is 41.3 Å². The molecule has 0 atom stereocenters. The van der Waals surface area contributed by atoms with E-state index in [2.05, 4.69) is 24.1 Å². The Kier molecular flexibility index (Phi) is 5.75. The van der Waals surface area contributed by atoms with Gasteiger partial charge in [0.2, 0.25) is 0 Å². The summed E-state index contributed by atoms with van der Waals surface area (Å²) < 4.78 is 6.03. The lowest BCUT2D eigenvalue weighted by molar-refractivity contribution is 0.102. The third-order valence-corrected chi connectivity index (χ3v) is 5.03. The molecule has 4 rings (SSSR count). The second-order valence-corrected chi connectivity index (χ2v) is 7.52. The number of carbonyl (C=O) groups is 1. The maximum atomic E-state index is 13.2. The van der Waals surface area contributed by atoms with E-state index in [9.17, 15) is 4.79 Å². The van der Waals surface area contributed by atoms with E-state index in [-0.39, 0.29) is 5.91 Å². The van der Waals surface area contributed by atoms with Crippen LogP contribution in [0, 0.1) is 0 Å². The molecule has 3 aromatic carbocycles. The third kappa shape index (κ3) is 4.33. The Hall–Kier alpha value is -3.66. The van der Waals surface area contributed by atoms with Gasteiger partial charge < -0.3 is 10.1 Å². The average Bonchev–Trinajstić information content (AvgIpc) is 2.78. The predicted molar refractivity (Wildman–Crippen MR) is 121 cm³/mol. The number of hydrogen-bond acceptors (Lipinski definition) is 3. The highest BCUT2D eigenvalue weighted by Crippen LogP contribution is 2.27. The molecular weight excluding hydrogens is 372 g/mol. The Labute approximate surface area is 176 Å². The van der Waals surface area contributed by atoms with E-state index in [1.54, 1.807) is 6.20 Å². The number of amides is 1. The Morgan fingerprint density at radius 2 is 1.77 bits per heavy atom. The van der Waals surface area contributed by atoms with Gasteiger partial charge in [0.15, 0.2) is 0 Å². The summed E-state index contributed by atoms with van der Waals surface area (Å²) in [5.74, 6) is 0.659. The molecule has 0 saturated heterocycles. The zero-order valence-corrected chi connectivity index (χ0v) is 17.1. The Bertz CT molecular complexity index is 1160. The van der Waals surface area contributed by atoms with Crippen LogP contribution in [0.15, 0.2) is 85.1 Å². The summed E-state index contributed by atoms with van der Waals surface area (Å²) in [6.45, 7) is 4.62. The quantitative estimate of drug-likeness (QED) is 0.423. The molecule has 0 saturated carbocycles. The first-order valence-corrected chi connectivity index (χ1v) is 10.1. The fourth-order valence-electron chi connectivity index (χ4n) is 3.34. The number of pyridine rings is 1. The lowest BCUT2D eigenvalue weighted by atomic mass is 9.99. The van der Waals surface area contributed by atoms with Crippen LogP contribution < -0.4 is 10.1 Å². The van der Waals surface area contributed by atoms with Crippen LogP contribution in [0.2, 0.25) is 0 Å². The molecule has 0 aliphatic carbocycles. The van der Waals surface area contributed by atoms with Crippen molar-refractivity contribution in [1.82, 2.24) is 4.98 Å². The van der Waals surface area contributed by atoms with E-state index in [0.29, 0.717) is 29.5 Å². The molecule has 0 aliphatic heterocycles. The number of benzene rings is 3. The lowest BCUT2D eigenvalue weighted by Gasteiger charge is -2.15. The van der Waals surface area contributed by atoms with E-state index < -0.39 is 0 Å². The standard InChI is InChI=1S/C26H24N2O2/c1-18(2)21-13-14-24(30-17-19-8-4-3-5-9-19)22(16-21)26(29)28-23-12-6-10-20-11-7-15-27-25(20)23/h3-16,18H,17H2,1-2H3,(H,28,29). The summed E-state index contributed by atoms with van der Waals surface area (Å²) in [6, 6.07) is 25.4. The summed E-state index contributed by atoms with van der Waals surface area (Å²) in [5, 5.41) is 4.00. The van der Waals surface area contributed by atoms with Crippen molar-refractivity contribution in [2.45, 2.75) is 26.4 Å². The molecule has 0 radical (unpaired) electrons.